The lowest BCUT2D eigenvalue weighted by atomic mass is 9.89. The van der Waals surface area contributed by atoms with E-state index in [1.165, 1.54) is 17.7 Å². The fourth-order valence-corrected chi connectivity index (χ4v) is 4.67. The maximum Gasteiger partial charge on any atom is 0.264 e. The summed E-state index contributed by atoms with van der Waals surface area (Å²) in [5.41, 5.74) is 0.481. The fraction of sp³-hybridized carbons (Fsp3) is 0.556. The molecule has 1 aliphatic rings. The summed E-state index contributed by atoms with van der Waals surface area (Å²) in [6, 6.07) is 0.115. The minimum absolute atomic E-state index is 0.0522. The molecule has 26 heavy (non-hydrogen) atoms. The van der Waals surface area contributed by atoms with E-state index in [1.807, 2.05) is 11.8 Å². The Bertz CT molecular complexity index is 888. The molecule has 0 radical (unpaired) electrons. The minimum Gasteiger partial charge on any atom is -0.353 e. The molecule has 2 aromatic rings. The molecule has 0 aliphatic carbocycles. The minimum atomic E-state index is -0.213. The van der Waals surface area contributed by atoms with Crippen molar-refractivity contribution in [2.45, 2.75) is 46.1 Å². The molecule has 8 heteroatoms. The standard InChI is InChI=1S/C18H24N4O3S/c1-4-11-8-22(7-6-12(11)21-13(23)5-2)18(25)15-10(3)14-16(24)19-9-20-17(14)26-15/h9,11-12H,4-8H2,1-3H3,(H,21,23)(H,19,20,24)/t11-,12+/m1/s1. The largest absolute Gasteiger partial charge is 0.353 e. The zero-order valence-electron chi connectivity index (χ0n) is 15.3. The van der Waals surface area contributed by atoms with Gasteiger partial charge in [0, 0.05) is 25.6 Å². The van der Waals surface area contributed by atoms with E-state index in [4.69, 9.17) is 0 Å². The van der Waals surface area contributed by atoms with Crippen molar-refractivity contribution in [3.05, 3.63) is 27.1 Å². The molecule has 0 aromatic carbocycles. The second-order valence-electron chi connectivity index (χ2n) is 6.70. The Hall–Kier alpha value is -2.22. The lowest BCUT2D eigenvalue weighted by molar-refractivity contribution is -0.122. The number of carbonyl (C=O) groups is 2. The third kappa shape index (κ3) is 3.38. The van der Waals surface area contributed by atoms with Crippen LogP contribution in [0, 0.1) is 12.8 Å². The average Bonchev–Trinajstić information content (AvgIpc) is 2.99. The number of rotatable bonds is 4. The number of aromatic amines is 1. The van der Waals surface area contributed by atoms with Gasteiger partial charge in [-0.3, -0.25) is 14.4 Å². The molecule has 2 atom stereocenters. The smallest absolute Gasteiger partial charge is 0.264 e. The third-order valence-electron chi connectivity index (χ3n) is 5.14. The molecule has 7 nitrogen and oxygen atoms in total. The summed E-state index contributed by atoms with van der Waals surface area (Å²) in [6.45, 7) is 6.93. The predicted octanol–water partition coefficient (Wildman–Crippen LogP) is 2.06. The molecule has 1 aliphatic heterocycles. The van der Waals surface area contributed by atoms with Crippen LogP contribution < -0.4 is 10.9 Å². The fourth-order valence-electron chi connectivity index (χ4n) is 3.56. The number of aromatic nitrogens is 2. The zero-order valence-corrected chi connectivity index (χ0v) is 16.1. The molecule has 1 saturated heterocycles. The molecule has 2 aromatic heterocycles. The van der Waals surface area contributed by atoms with Crippen LogP contribution in [0.15, 0.2) is 11.1 Å². The number of H-pyrrole nitrogens is 1. The normalized spacial score (nSPS) is 20.3. The van der Waals surface area contributed by atoms with Gasteiger partial charge >= 0.3 is 0 Å². The van der Waals surface area contributed by atoms with Crippen molar-refractivity contribution in [3.63, 3.8) is 0 Å². The van der Waals surface area contributed by atoms with Crippen molar-refractivity contribution in [2.24, 2.45) is 5.92 Å². The number of hydrogen-bond donors (Lipinski definition) is 2. The van der Waals surface area contributed by atoms with E-state index in [0.717, 1.165) is 12.8 Å². The molecule has 140 valence electrons. The molecule has 0 bridgehead atoms. The Morgan fingerprint density at radius 2 is 2.19 bits per heavy atom. The summed E-state index contributed by atoms with van der Waals surface area (Å²) in [6.07, 6.45) is 3.48. The van der Waals surface area contributed by atoms with Gasteiger partial charge in [0.2, 0.25) is 5.91 Å². The van der Waals surface area contributed by atoms with E-state index in [9.17, 15) is 14.4 Å². The van der Waals surface area contributed by atoms with E-state index < -0.39 is 0 Å². The first-order chi connectivity index (χ1) is 12.5. The highest BCUT2D eigenvalue weighted by Crippen LogP contribution is 2.29. The molecule has 2 N–H and O–H groups in total. The highest BCUT2D eigenvalue weighted by atomic mass is 32.1. The Kier molecular flexibility index (Phi) is 5.41. The van der Waals surface area contributed by atoms with Gasteiger partial charge in [0.15, 0.2) is 0 Å². The third-order valence-corrected chi connectivity index (χ3v) is 6.33. The SMILES string of the molecule is CCC(=O)N[C@H]1CCN(C(=O)c2sc3nc[nH]c(=O)c3c2C)C[C@H]1CC. The summed E-state index contributed by atoms with van der Waals surface area (Å²) in [4.78, 5) is 46.6. The second-order valence-corrected chi connectivity index (χ2v) is 7.70. The molecule has 3 heterocycles. The predicted molar refractivity (Wildman–Crippen MR) is 102 cm³/mol. The van der Waals surface area contributed by atoms with Gasteiger partial charge in [-0.15, -0.1) is 11.3 Å². The molecular formula is C18H24N4O3S. The van der Waals surface area contributed by atoms with Crippen LogP contribution in [0.3, 0.4) is 0 Å². The van der Waals surface area contributed by atoms with Gasteiger partial charge in [-0.05, 0) is 31.2 Å². The van der Waals surface area contributed by atoms with Gasteiger partial charge in [-0.25, -0.2) is 4.98 Å². The Morgan fingerprint density at radius 1 is 1.42 bits per heavy atom. The van der Waals surface area contributed by atoms with Crippen LogP contribution in [0.2, 0.25) is 0 Å². The number of likely N-dealkylation sites (tertiary alicyclic amines) is 1. The second kappa shape index (κ2) is 7.57. The molecule has 1 fully saturated rings. The number of carbonyl (C=O) groups excluding carboxylic acids is 2. The first-order valence-electron chi connectivity index (χ1n) is 9.01. The molecule has 3 rings (SSSR count). The quantitative estimate of drug-likeness (QED) is 0.854. The number of piperidine rings is 1. The summed E-state index contributed by atoms with van der Waals surface area (Å²) in [7, 11) is 0. The lowest BCUT2D eigenvalue weighted by Crippen LogP contribution is -2.52. The van der Waals surface area contributed by atoms with Crippen molar-refractivity contribution >= 4 is 33.4 Å². The van der Waals surface area contributed by atoms with Crippen LogP contribution in [0.1, 0.15) is 48.3 Å². The maximum absolute atomic E-state index is 13.1. The van der Waals surface area contributed by atoms with Gasteiger partial charge in [-0.2, -0.15) is 0 Å². The number of amides is 2. The summed E-state index contributed by atoms with van der Waals surface area (Å²) in [5.74, 6) is 0.238. The highest BCUT2D eigenvalue weighted by molar-refractivity contribution is 7.20. The lowest BCUT2D eigenvalue weighted by Gasteiger charge is -2.38. The summed E-state index contributed by atoms with van der Waals surface area (Å²) >= 11 is 1.27. The number of aryl methyl sites for hydroxylation is 1. The van der Waals surface area contributed by atoms with Gasteiger partial charge in [0.05, 0.1) is 16.6 Å². The van der Waals surface area contributed by atoms with Crippen LogP contribution >= 0.6 is 11.3 Å². The van der Waals surface area contributed by atoms with Crippen LogP contribution in [0.4, 0.5) is 0 Å². The van der Waals surface area contributed by atoms with E-state index in [1.54, 1.807) is 6.92 Å². The number of nitrogens with one attached hydrogen (secondary N) is 2. The number of hydrogen-bond acceptors (Lipinski definition) is 5. The van der Waals surface area contributed by atoms with Crippen molar-refractivity contribution in [1.82, 2.24) is 20.2 Å². The van der Waals surface area contributed by atoms with Crippen molar-refractivity contribution < 1.29 is 9.59 Å². The van der Waals surface area contributed by atoms with Gasteiger partial charge < -0.3 is 15.2 Å². The molecule has 0 saturated carbocycles. The van der Waals surface area contributed by atoms with Crippen molar-refractivity contribution in [2.75, 3.05) is 13.1 Å². The van der Waals surface area contributed by atoms with E-state index in [2.05, 4.69) is 22.2 Å². The van der Waals surface area contributed by atoms with Gasteiger partial charge in [-0.1, -0.05) is 13.8 Å². The molecule has 2 amide bonds. The van der Waals surface area contributed by atoms with Gasteiger partial charge in [0.1, 0.15) is 4.83 Å². The summed E-state index contributed by atoms with van der Waals surface area (Å²) in [5, 5.41) is 3.58. The van der Waals surface area contributed by atoms with E-state index in [0.29, 0.717) is 40.2 Å². The van der Waals surface area contributed by atoms with Crippen LogP contribution in [-0.4, -0.2) is 45.8 Å². The van der Waals surface area contributed by atoms with Crippen molar-refractivity contribution in [3.8, 4) is 0 Å². The van der Waals surface area contributed by atoms with Crippen LogP contribution in [-0.2, 0) is 4.79 Å². The maximum atomic E-state index is 13.1. The number of nitrogens with zero attached hydrogens (tertiary/aromatic N) is 2. The van der Waals surface area contributed by atoms with Gasteiger partial charge in [0.25, 0.3) is 11.5 Å². The van der Waals surface area contributed by atoms with Crippen molar-refractivity contribution in [1.29, 1.82) is 0 Å². The molecular weight excluding hydrogens is 352 g/mol. The topological polar surface area (TPSA) is 95.2 Å². The number of fused-ring (bicyclic) bond motifs is 1. The first kappa shape index (κ1) is 18.6. The van der Waals surface area contributed by atoms with Crippen LogP contribution in [0.25, 0.3) is 10.2 Å². The van der Waals surface area contributed by atoms with E-state index in [-0.39, 0.29) is 29.3 Å². The van der Waals surface area contributed by atoms with Crippen LogP contribution in [0.5, 0.6) is 0 Å². The summed E-state index contributed by atoms with van der Waals surface area (Å²) < 4.78 is 0. The monoisotopic (exact) mass is 376 g/mol. The first-order valence-corrected chi connectivity index (χ1v) is 9.83. The van der Waals surface area contributed by atoms with E-state index >= 15 is 0 Å². The Morgan fingerprint density at radius 3 is 2.85 bits per heavy atom. The Balaban J connectivity index is 1.81. The molecule has 0 spiro atoms. The Labute approximate surface area is 155 Å². The highest BCUT2D eigenvalue weighted by Gasteiger charge is 2.33. The molecule has 0 unspecified atom stereocenters. The zero-order chi connectivity index (χ0) is 18.8. The average molecular weight is 376 g/mol. The number of thiophene rings is 1.